The third-order valence-electron chi connectivity index (χ3n) is 3.34. The Morgan fingerprint density at radius 1 is 1.05 bits per heavy atom. The number of hydrogen-bond acceptors (Lipinski definition) is 4. The molecule has 4 rings (SSSR count). The first-order chi connectivity index (χ1) is 10.1. The number of fused-ring (bicyclic) bond motifs is 2. The molecule has 0 atom stereocenters. The quantitative estimate of drug-likeness (QED) is 0.743. The van der Waals surface area contributed by atoms with E-state index in [0.717, 1.165) is 11.2 Å². The Hall–Kier alpha value is -2.11. The van der Waals surface area contributed by atoms with Gasteiger partial charge in [-0.25, -0.2) is 4.98 Å². The largest absolute Gasteiger partial charge is 0.454 e. The number of hydrogen-bond donors (Lipinski definition) is 1. The molecule has 0 aliphatic carbocycles. The number of ether oxygens (including phenoxy) is 2. The molecule has 0 unspecified atom stereocenters. The smallest absolute Gasteiger partial charge is 0.231 e. The van der Waals surface area contributed by atoms with E-state index in [1.54, 1.807) is 16.7 Å². The molecule has 0 fully saturated rings. The van der Waals surface area contributed by atoms with Crippen molar-refractivity contribution in [1.29, 1.82) is 0 Å². The van der Waals surface area contributed by atoms with Gasteiger partial charge in [-0.1, -0.05) is 23.2 Å². The van der Waals surface area contributed by atoms with Gasteiger partial charge in [-0.15, -0.1) is 0 Å². The zero-order chi connectivity index (χ0) is 14.6. The Kier molecular flexibility index (Phi) is 2.67. The van der Waals surface area contributed by atoms with Gasteiger partial charge in [-0.2, -0.15) is 0 Å². The van der Waals surface area contributed by atoms with Crippen LogP contribution in [0.4, 0.5) is 5.95 Å². The molecule has 1 aliphatic rings. The molecule has 0 saturated heterocycles. The van der Waals surface area contributed by atoms with Gasteiger partial charge in [0.05, 0.1) is 26.8 Å². The maximum atomic E-state index is 6.09. The lowest BCUT2D eigenvalue weighted by molar-refractivity contribution is 0.174. The first-order valence-corrected chi connectivity index (χ1v) is 6.92. The molecule has 1 aliphatic heterocycles. The molecular weight excluding hydrogens is 313 g/mol. The van der Waals surface area contributed by atoms with Gasteiger partial charge >= 0.3 is 0 Å². The molecule has 0 saturated carbocycles. The average molecular weight is 322 g/mol. The molecule has 0 amide bonds. The molecule has 106 valence electrons. The van der Waals surface area contributed by atoms with Crippen molar-refractivity contribution in [2.24, 2.45) is 0 Å². The molecule has 0 spiro atoms. The van der Waals surface area contributed by atoms with E-state index in [9.17, 15) is 0 Å². The lowest BCUT2D eigenvalue weighted by Crippen LogP contribution is -2.00. The number of halogens is 2. The molecule has 0 radical (unpaired) electrons. The van der Waals surface area contributed by atoms with E-state index in [1.807, 2.05) is 18.2 Å². The van der Waals surface area contributed by atoms with Crippen molar-refractivity contribution in [3.05, 3.63) is 40.4 Å². The summed E-state index contributed by atoms with van der Waals surface area (Å²) in [4.78, 5) is 4.31. The minimum absolute atomic E-state index is 0.223. The van der Waals surface area contributed by atoms with Crippen LogP contribution in [0.15, 0.2) is 30.3 Å². The minimum Gasteiger partial charge on any atom is -0.454 e. The lowest BCUT2D eigenvalue weighted by atomic mass is 10.2. The molecular formula is C14H9Cl2N3O2. The van der Waals surface area contributed by atoms with E-state index >= 15 is 0 Å². The number of imidazole rings is 1. The van der Waals surface area contributed by atoms with Crippen molar-refractivity contribution in [1.82, 2.24) is 9.55 Å². The van der Waals surface area contributed by atoms with Gasteiger partial charge < -0.3 is 15.2 Å². The van der Waals surface area contributed by atoms with E-state index in [1.165, 1.54) is 0 Å². The fourth-order valence-electron chi connectivity index (χ4n) is 2.39. The number of nitrogens with two attached hydrogens (primary N) is 1. The zero-order valence-electron chi connectivity index (χ0n) is 10.6. The minimum atomic E-state index is 0.223. The Labute approximate surface area is 129 Å². The number of anilines is 1. The van der Waals surface area contributed by atoms with Gasteiger partial charge in [0, 0.05) is 6.07 Å². The second-order valence-electron chi connectivity index (χ2n) is 4.60. The summed E-state index contributed by atoms with van der Waals surface area (Å²) in [6.07, 6.45) is 0. The standard InChI is InChI=1S/C14H9Cl2N3O2/c15-8-4-10-11(5-9(8)16)19(14(17)18-10)7-1-2-12-13(3-7)21-6-20-12/h1-5H,6H2,(H2,17,18). The molecule has 7 heteroatoms. The maximum Gasteiger partial charge on any atom is 0.231 e. The number of nitrogens with zero attached hydrogens (tertiary/aromatic N) is 2. The van der Waals surface area contributed by atoms with Crippen LogP contribution in [0.2, 0.25) is 10.0 Å². The predicted molar refractivity (Wildman–Crippen MR) is 81.6 cm³/mol. The predicted octanol–water partition coefficient (Wildman–Crippen LogP) is 3.64. The SMILES string of the molecule is Nc1nc2cc(Cl)c(Cl)cc2n1-c1ccc2c(c1)OCO2. The van der Waals surface area contributed by atoms with Crippen LogP contribution in [0.1, 0.15) is 0 Å². The third kappa shape index (κ3) is 1.89. The Morgan fingerprint density at radius 3 is 2.67 bits per heavy atom. The van der Waals surface area contributed by atoms with Gasteiger partial charge in [-0.3, -0.25) is 4.57 Å². The Bertz CT molecular complexity index is 876. The van der Waals surface area contributed by atoms with Crippen LogP contribution in [0.5, 0.6) is 11.5 Å². The van der Waals surface area contributed by atoms with Crippen molar-refractivity contribution in [2.45, 2.75) is 0 Å². The average Bonchev–Trinajstić information content (AvgIpc) is 3.02. The van der Waals surface area contributed by atoms with E-state index in [-0.39, 0.29) is 6.79 Å². The monoisotopic (exact) mass is 321 g/mol. The maximum absolute atomic E-state index is 6.09. The van der Waals surface area contributed by atoms with Crippen molar-refractivity contribution < 1.29 is 9.47 Å². The first kappa shape index (κ1) is 12.6. The molecule has 0 bridgehead atoms. The van der Waals surface area contributed by atoms with Crippen LogP contribution >= 0.6 is 23.2 Å². The molecule has 1 aromatic heterocycles. The van der Waals surface area contributed by atoms with Gasteiger partial charge in [-0.05, 0) is 24.3 Å². The van der Waals surface area contributed by atoms with Gasteiger partial charge in [0.15, 0.2) is 11.5 Å². The summed E-state index contributed by atoms with van der Waals surface area (Å²) in [6, 6.07) is 9.00. The molecule has 2 heterocycles. The van der Waals surface area contributed by atoms with Crippen LogP contribution in [0, 0.1) is 0 Å². The van der Waals surface area contributed by atoms with Crippen molar-refractivity contribution >= 4 is 40.2 Å². The first-order valence-electron chi connectivity index (χ1n) is 6.16. The van der Waals surface area contributed by atoms with Crippen LogP contribution in [-0.2, 0) is 0 Å². The summed E-state index contributed by atoms with van der Waals surface area (Å²) in [7, 11) is 0. The van der Waals surface area contributed by atoms with E-state index < -0.39 is 0 Å². The second-order valence-corrected chi connectivity index (χ2v) is 5.41. The lowest BCUT2D eigenvalue weighted by Gasteiger charge is -2.08. The van der Waals surface area contributed by atoms with Crippen molar-refractivity contribution in [3.8, 4) is 17.2 Å². The van der Waals surface area contributed by atoms with Crippen LogP contribution in [0.3, 0.4) is 0 Å². The van der Waals surface area contributed by atoms with E-state index in [0.29, 0.717) is 33.0 Å². The van der Waals surface area contributed by atoms with Crippen molar-refractivity contribution in [2.75, 3.05) is 12.5 Å². The van der Waals surface area contributed by atoms with E-state index in [2.05, 4.69) is 4.98 Å². The highest BCUT2D eigenvalue weighted by Gasteiger charge is 2.17. The number of benzene rings is 2. The molecule has 2 aromatic carbocycles. The normalized spacial score (nSPS) is 13.0. The topological polar surface area (TPSA) is 62.3 Å². The van der Waals surface area contributed by atoms with Gasteiger partial charge in [0.2, 0.25) is 12.7 Å². The summed E-state index contributed by atoms with van der Waals surface area (Å²) in [5.41, 5.74) is 8.30. The Balaban J connectivity index is 1.97. The highest BCUT2D eigenvalue weighted by Crippen LogP contribution is 2.36. The number of aromatic nitrogens is 2. The highest BCUT2D eigenvalue weighted by molar-refractivity contribution is 6.42. The van der Waals surface area contributed by atoms with Crippen LogP contribution < -0.4 is 15.2 Å². The summed E-state index contributed by atoms with van der Waals surface area (Å²) in [5.74, 6) is 1.74. The summed E-state index contributed by atoms with van der Waals surface area (Å²) < 4.78 is 12.5. The number of rotatable bonds is 1. The Morgan fingerprint density at radius 2 is 1.81 bits per heavy atom. The summed E-state index contributed by atoms with van der Waals surface area (Å²) in [6.45, 7) is 0.223. The molecule has 3 aromatic rings. The summed E-state index contributed by atoms with van der Waals surface area (Å²) >= 11 is 12.1. The number of nitrogen functional groups attached to an aromatic ring is 1. The fourth-order valence-corrected chi connectivity index (χ4v) is 2.70. The van der Waals surface area contributed by atoms with Gasteiger partial charge in [0.25, 0.3) is 0 Å². The summed E-state index contributed by atoms with van der Waals surface area (Å²) in [5, 5.41) is 0.894. The molecule has 2 N–H and O–H groups in total. The molecule has 5 nitrogen and oxygen atoms in total. The van der Waals surface area contributed by atoms with Crippen LogP contribution in [-0.4, -0.2) is 16.3 Å². The van der Waals surface area contributed by atoms with Gasteiger partial charge in [0.1, 0.15) is 0 Å². The van der Waals surface area contributed by atoms with Crippen molar-refractivity contribution in [3.63, 3.8) is 0 Å². The highest BCUT2D eigenvalue weighted by atomic mass is 35.5. The van der Waals surface area contributed by atoms with Crippen LogP contribution in [0.25, 0.3) is 16.7 Å². The third-order valence-corrected chi connectivity index (χ3v) is 4.06. The van der Waals surface area contributed by atoms with E-state index in [4.69, 9.17) is 38.4 Å². The fraction of sp³-hybridized carbons (Fsp3) is 0.0714. The molecule has 21 heavy (non-hydrogen) atoms. The second kappa shape index (κ2) is 4.44. The zero-order valence-corrected chi connectivity index (χ0v) is 12.1.